The summed E-state index contributed by atoms with van der Waals surface area (Å²) in [5.41, 5.74) is -0.962. The molecule has 3 rings (SSSR count). The number of aliphatic hydroxyl groups excluding tert-OH is 1. The largest absolute Gasteiger partial charge is 0.495 e. The molecule has 0 spiro atoms. The first-order valence-electron chi connectivity index (χ1n) is 9.54. The molecule has 0 fully saturated rings. The van der Waals surface area contributed by atoms with Crippen molar-refractivity contribution in [1.82, 2.24) is 0 Å². The minimum atomic E-state index is -1.64. The summed E-state index contributed by atoms with van der Waals surface area (Å²) in [5.74, 6) is -2.59. The summed E-state index contributed by atoms with van der Waals surface area (Å²) in [6.07, 6.45) is 11.8. The molecule has 3 aliphatic rings. The standard InChI is InChI=1S/C23H22O7/c1-3-4-5-6-7-8-15(25)11-19(26)20-18-10-14-9-16(12-24)29-13-17(14)21(27)23(18,2)30-22(20)28/h3-8,10,13,16,24H,9,11-12H2,1-2H3/t16-,23-/m0/s1. The summed E-state index contributed by atoms with van der Waals surface area (Å²) in [6, 6.07) is 0. The topological polar surface area (TPSA) is 107 Å². The molecule has 156 valence electrons. The number of carbonyl (C=O) groups is 4. The second-order valence-electron chi connectivity index (χ2n) is 7.22. The van der Waals surface area contributed by atoms with E-state index in [0.29, 0.717) is 5.57 Å². The molecular weight excluding hydrogens is 388 g/mol. The molecule has 1 N–H and O–H groups in total. The van der Waals surface area contributed by atoms with Crippen molar-refractivity contribution in [3.63, 3.8) is 0 Å². The molecule has 7 heteroatoms. The van der Waals surface area contributed by atoms with Crippen LogP contribution in [0.15, 0.2) is 71.1 Å². The van der Waals surface area contributed by atoms with Crippen LogP contribution in [0.2, 0.25) is 0 Å². The highest BCUT2D eigenvalue weighted by Crippen LogP contribution is 2.44. The maximum atomic E-state index is 13.0. The van der Waals surface area contributed by atoms with Gasteiger partial charge in [-0.25, -0.2) is 4.79 Å². The summed E-state index contributed by atoms with van der Waals surface area (Å²) in [5, 5.41) is 9.32. The first kappa shape index (κ1) is 21.4. The molecule has 1 aliphatic carbocycles. The van der Waals surface area contributed by atoms with Gasteiger partial charge in [-0.05, 0) is 31.6 Å². The monoisotopic (exact) mass is 410 g/mol. The van der Waals surface area contributed by atoms with E-state index in [-0.39, 0.29) is 29.7 Å². The zero-order valence-electron chi connectivity index (χ0n) is 16.7. The van der Waals surface area contributed by atoms with Gasteiger partial charge in [0.05, 0.1) is 24.9 Å². The van der Waals surface area contributed by atoms with E-state index >= 15 is 0 Å². The average Bonchev–Trinajstić information content (AvgIpc) is 2.98. The molecule has 0 saturated carbocycles. The predicted octanol–water partition coefficient (Wildman–Crippen LogP) is 1.99. The molecule has 2 aliphatic heterocycles. The molecule has 2 atom stereocenters. The lowest BCUT2D eigenvalue weighted by atomic mass is 9.75. The van der Waals surface area contributed by atoms with Gasteiger partial charge in [-0.15, -0.1) is 0 Å². The molecule has 2 heterocycles. The average molecular weight is 410 g/mol. The van der Waals surface area contributed by atoms with Crippen LogP contribution in [0.3, 0.4) is 0 Å². The summed E-state index contributed by atoms with van der Waals surface area (Å²) in [7, 11) is 0. The Labute approximate surface area is 173 Å². The molecule has 0 radical (unpaired) electrons. The molecule has 0 aromatic carbocycles. The second-order valence-corrected chi connectivity index (χ2v) is 7.22. The van der Waals surface area contributed by atoms with E-state index in [0.717, 1.165) is 0 Å². The van der Waals surface area contributed by atoms with Crippen LogP contribution < -0.4 is 0 Å². The van der Waals surface area contributed by atoms with Gasteiger partial charge < -0.3 is 14.6 Å². The molecule has 0 aromatic heterocycles. The molecular formula is C23H22O7. The van der Waals surface area contributed by atoms with Gasteiger partial charge >= 0.3 is 5.97 Å². The minimum absolute atomic E-state index is 0.151. The fraction of sp³-hybridized carbons (Fsp3) is 0.304. The van der Waals surface area contributed by atoms with E-state index in [1.807, 2.05) is 13.0 Å². The fourth-order valence-electron chi connectivity index (χ4n) is 3.51. The number of esters is 1. The number of hydrogen-bond acceptors (Lipinski definition) is 7. The summed E-state index contributed by atoms with van der Waals surface area (Å²) >= 11 is 0. The first-order chi connectivity index (χ1) is 14.3. The van der Waals surface area contributed by atoms with Crippen molar-refractivity contribution in [1.29, 1.82) is 0 Å². The van der Waals surface area contributed by atoms with Crippen molar-refractivity contribution in [2.24, 2.45) is 0 Å². The number of fused-ring (bicyclic) bond motifs is 2. The Morgan fingerprint density at radius 2 is 1.97 bits per heavy atom. The molecule has 0 bridgehead atoms. The van der Waals surface area contributed by atoms with Crippen LogP contribution >= 0.6 is 0 Å². The first-order valence-corrected chi connectivity index (χ1v) is 9.54. The molecule has 7 nitrogen and oxygen atoms in total. The van der Waals surface area contributed by atoms with Crippen LogP contribution in [0.1, 0.15) is 26.7 Å². The van der Waals surface area contributed by atoms with Crippen LogP contribution in [-0.4, -0.2) is 46.7 Å². The predicted molar refractivity (Wildman–Crippen MR) is 107 cm³/mol. The highest BCUT2D eigenvalue weighted by Gasteiger charge is 2.54. The highest BCUT2D eigenvalue weighted by molar-refractivity contribution is 6.27. The lowest BCUT2D eigenvalue weighted by molar-refractivity contribution is -0.153. The Kier molecular flexibility index (Phi) is 6.12. The molecule has 0 aromatic rings. The number of carbonyl (C=O) groups excluding carboxylic acids is 4. The number of ketones is 3. The van der Waals surface area contributed by atoms with Crippen molar-refractivity contribution in [3.8, 4) is 0 Å². The Bertz CT molecular complexity index is 987. The number of rotatable bonds is 7. The summed E-state index contributed by atoms with van der Waals surface area (Å²) in [4.78, 5) is 50.2. The summed E-state index contributed by atoms with van der Waals surface area (Å²) < 4.78 is 10.6. The van der Waals surface area contributed by atoms with Crippen molar-refractivity contribution >= 4 is 23.3 Å². The van der Waals surface area contributed by atoms with Gasteiger partial charge in [0.1, 0.15) is 11.7 Å². The third kappa shape index (κ3) is 3.89. The van der Waals surface area contributed by atoms with Gasteiger partial charge in [-0.2, -0.15) is 0 Å². The van der Waals surface area contributed by atoms with Crippen LogP contribution in [0.4, 0.5) is 0 Å². The van der Waals surface area contributed by atoms with E-state index in [4.69, 9.17) is 9.47 Å². The Hall–Kier alpha value is -3.32. The van der Waals surface area contributed by atoms with E-state index in [9.17, 15) is 24.3 Å². The van der Waals surface area contributed by atoms with E-state index in [2.05, 4.69) is 0 Å². The maximum absolute atomic E-state index is 13.0. The molecule has 0 saturated heterocycles. The molecule has 30 heavy (non-hydrogen) atoms. The number of ether oxygens (including phenoxy) is 2. The van der Waals surface area contributed by atoms with Gasteiger partial charge in [0.15, 0.2) is 17.2 Å². The van der Waals surface area contributed by atoms with E-state index < -0.39 is 41.4 Å². The van der Waals surface area contributed by atoms with Gasteiger partial charge in [0.2, 0.25) is 5.78 Å². The Morgan fingerprint density at radius 1 is 1.23 bits per heavy atom. The lowest BCUT2D eigenvalue weighted by Crippen LogP contribution is -2.43. The Morgan fingerprint density at radius 3 is 2.67 bits per heavy atom. The van der Waals surface area contributed by atoms with Crippen molar-refractivity contribution in [2.45, 2.75) is 38.4 Å². The smallest absolute Gasteiger partial charge is 0.343 e. The van der Waals surface area contributed by atoms with E-state index in [1.54, 1.807) is 24.3 Å². The van der Waals surface area contributed by atoms with Crippen molar-refractivity contribution in [3.05, 3.63) is 71.1 Å². The quantitative estimate of drug-likeness (QED) is 0.225. The molecule has 0 amide bonds. The van der Waals surface area contributed by atoms with Crippen LogP contribution in [0.5, 0.6) is 0 Å². The highest BCUT2D eigenvalue weighted by atomic mass is 16.6. The summed E-state index contributed by atoms with van der Waals surface area (Å²) in [6.45, 7) is 3.04. The van der Waals surface area contributed by atoms with Gasteiger partial charge in [0, 0.05) is 12.0 Å². The number of hydrogen-bond donors (Lipinski definition) is 1. The van der Waals surface area contributed by atoms with Crippen LogP contribution in [0, 0.1) is 0 Å². The number of Topliss-reactive ketones (excluding diaryl/α,β-unsaturated/α-hetero) is 2. The lowest BCUT2D eigenvalue weighted by Gasteiger charge is -2.33. The van der Waals surface area contributed by atoms with E-state index in [1.165, 1.54) is 25.3 Å². The van der Waals surface area contributed by atoms with Crippen molar-refractivity contribution in [2.75, 3.05) is 6.61 Å². The minimum Gasteiger partial charge on any atom is -0.495 e. The third-order valence-corrected chi connectivity index (χ3v) is 5.08. The normalized spacial score (nSPS) is 25.9. The SMILES string of the molecule is CC=CC=CC=CC(=O)CC(=O)C1=C2C=C3C[C@@H](CO)OC=C3C(=O)[C@@]2(C)OC1=O. The molecule has 0 unspecified atom stereocenters. The maximum Gasteiger partial charge on any atom is 0.343 e. The number of aliphatic hydroxyl groups is 1. The van der Waals surface area contributed by atoms with Crippen LogP contribution in [-0.2, 0) is 28.7 Å². The zero-order chi connectivity index (χ0) is 21.9. The second kappa shape index (κ2) is 8.59. The number of allylic oxidation sites excluding steroid dienone is 6. The third-order valence-electron chi connectivity index (χ3n) is 5.08. The van der Waals surface area contributed by atoms with Gasteiger partial charge in [-0.3, -0.25) is 14.4 Å². The Balaban J connectivity index is 1.90. The van der Waals surface area contributed by atoms with Crippen molar-refractivity contribution < 1.29 is 33.8 Å². The van der Waals surface area contributed by atoms with Gasteiger partial charge in [-0.1, -0.05) is 30.4 Å². The fourth-order valence-corrected chi connectivity index (χ4v) is 3.51. The zero-order valence-corrected chi connectivity index (χ0v) is 16.7. The van der Waals surface area contributed by atoms with Gasteiger partial charge in [0.25, 0.3) is 0 Å². The van der Waals surface area contributed by atoms with Crippen LogP contribution in [0.25, 0.3) is 0 Å².